The summed E-state index contributed by atoms with van der Waals surface area (Å²) < 4.78 is 6.97. The molecule has 0 fully saturated rings. The van der Waals surface area contributed by atoms with Crippen molar-refractivity contribution < 1.29 is 4.74 Å². The average molecular weight is 431 g/mol. The molecule has 1 heteroatoms. The minimum Gasteiger partial charge on any atom is -0.366 e. The summed E-state index contributed by atoms with van der Waals surface area (Å²) in [7, 11) is 0. The minimum atomic E-state index is -0.399. The topological polar surface area (TPSA) is 9.23 Å². The van der Waals surface area contributed by atoms with Crippen molar-refractivity contribution in [3.8, 4) is 0 Å². The molecule has 0 bridgehead atoms. The average Bonchev–Trinajstić information content (AvgIpc) is 2.88. The van der Waals surface area contributed by atoms with Crippen molar-refractivity contribution in [2.45, 2.75) is 44.6 Å². The third kappa shape index (κ3) is 3.26. The molecule has 0 aromatic heterocycles. The first-order valence-corrected chi connectivity index (χ1v) is 12.4. The number of benzene rings is 5. The van der Waals surface area contributed by atoms with Crippen LogP contribution < -0.4 is 0 Å². The van der Waals surface area contributed by atoms with Crippen molar-refractivity contribution in [3.63, 3.8) is 0 Å². The number of ether oxygens (including phenoxy) is 1. The van der Waals surface area contributed by atoms with Crippen LogP contribution in [0.4, 0.5) is 0 Å². The molecule has 33 heavy (non-hydrogen) atoms. The molecule has 1 aliphatic rings. The fraction of sp³-hybridized carbons (Fsp3) is 0.250. The van der Waals surface area contributed by atoms with Crippen molar-refractivity contribution in [2.75, 3.05) is 6.61 Å². The zero-order chi connectivity index (χ0) is 22.3. The van der Waals surface area contributed by atoms with E-state index < -0.39 is 5.60 Å². The van der Waals surface area contributed by atoms with Gasteiger partial charge in [-0.2, -0.15) is 0 Å². The van der Waals surface area contributed by atoms with E-state index in [0.29, 0.717) is 0 Å². The molecule has 0 saturated carbocycles. The van der Waals surface area contributed by atoms with Gasteiger partial charge in [0.2, 0.25) is 0 Å². The summed E-state index contributed by atoms with van der Waals surface area (Å²) in [6.07, 6.45) is 5.49. The first-order chi connectivity index (χ1) is 16.3. The smallest absolute Gasteiger partial charge is 0.119 e. The number of fused-ring (bicyclic) bond motifs is 6. The SMILES string of the molecule is CCCCOC1(c2cccc3ccccc23)CCCc2c1ccc1c2ccc2ccccc21. The van der Waals surface area contributed by atoms with Crippen LogP contribution in [-0.4, -0.2) is 6.61 Å². The summed E-state index contributed by atoms with van der Waals surface area (Å²) in [5.41, 5.74) is 3.75. The summed E-state index contributed by atoms with van der Waals surface area (Å²) in [4.78, 5) is 0. The third-order valence-corrected chi connectivity index (χ3v) is 7.50. The van der Waals surface area contributed by atoms with Gasteiger partial charge in [-0.05, 0) is 74.7 Å². The van der Waals surface area contributed by atoms with Gasteiger partial charge in [-0.1, -0.05) is 104 Å². The van der Waals surface area contributed by atoms with Gasteiger partial charge in [-0.15, -0.1) is 0 Å². The fourth-order valence-electron chi connectivity index (χ4n) is 5.92. The molecule has 5 aromatic carbocycles. The largest absolute Gasteiger partial charge is 0.366 e. The van der Waals surface area contributed by atoms with Gasteiger partial charge in [0, 0.05) is 6.61 Å². The summed E-state index contributed by atoms with van der Waals surface area (Å²) in [6.45, 7) is 3.02. The van der Waals surface area contributed by atoms with Gasteiger partial charge < -0.3 is 4.74 Å². The number of aryl methyl sites for hydroxylation is 1. The highest BCUT2D eigenvalue weighted by molar-refractivity contribution is 6.09. The van der Waals surface area contributed by atoms with Gasteiger partial charge in [0.05, 0.1) is 0 Å². The van der Waals surface area contributed by atoms with E-state index in [4.69, 9.17) is 4.74 Å². The number of unbranched alkanes of at least 4 members (excludes halogenated alkanes) is 1. The molecule has 5 aromatic rings. The molecule has 1 nitrogen and oxygen atoms in total. The molecule has 0 spiro atoms. The van der Waals surface area contributed by atoms with Gasteiger partial charge in [0.1, 0.15) is 5.60 Å². The molecule has 0 N–H and O–H groups in total. The first kappa shape index (κ1) is 20.4. The van der Waals surface area contributed by atoms with Crippen LogP contribution in [0.1, 0.15) is 49.3 Å². The minimum absolute atomic E-state index is 0.399. The Morgan fingerprint density at radius 3 is 2.24 bits per heavy atom. The molecular weight excluding hydrogens is 400 g/mol. The Morgan fingerprint density at radius 2 is 1.39 bits per heavy atom. The van der Waals surface area contributed by atoms with Gasteiger partial charge in [0.25, 0.3) is 0 Å². The highest BCUT2D eigenvalue weighted by Crippen LogP contribution is 2.48. The van der Waals surface area contributed by atoms with Crippen LogP contribution in [0.5, 0.6) is 0 Å². The van der Waals surface area contributed by atoms with Crippen molar-refractivity contribution in [2.24, 2.45) is 0 Å². The van der Waals surface area contributed by atoms with Gasteiger partial charge in [0.15, 0.2) is 0 Å². The van der Waals surface area contributed by atoms with Crippen molar-refractivity contribution in [1.29, 1.82) is 0 Å². The monoisotopic (exact) mass is 430 g/mol. The van der Waals surface area contributed by atoms with E-state index >= 15 is 0 Å². The molecule has 164 valence electrons. The molecule has 0 saturated heterocycles. The molecule has 0 aliphatic heterocycles. The molecule has 0 heterocycles. The second-order valence-corrected chi connectivity index (χ2v) is 9.38. The van der Waals surface area contributed by atoms with E-state index in [0.717, 1.165) is 38.7 Å². The predicted molar refractivity (Wildman–Crippen MR) is 140 cm³/mol. The van der Waals surface area contributed by atoms with Crippen LogP contribution in [0.15, 0.2) is 91.0 Å². The van der Waals surface area contributed by atoms with E-state index in [9.17, 15) is 0 Å². The molecule has 6 rings (SSSR count). The van der Waals surface area contributed by atoms with Crippen LogP contribution in [0.25, 0.3) is 32.3 Å². The van der Waals surface area contributed by atoms with Gasteiger partial charge >= 0.3 is 0 Å². The standard InChI is InChI=1S/C32H30O/c1-2-3-22-33-32(30-16-8-12-23-10-5-7-14-26(23)30)21-9-15-29-28-18-17-24-11-4-6-13-25(24)27(28)19-20-31(29)32/h4-8,10-14,16-20H,2-3,9,15,21-22H2,1H3. The summed E-state index contributed by atoms with van der Waals surface area (Å²) in [6, 6.07) is 33.5. The van der Waals surface area contributed by atoms with Crippen molar-refractivity contribution >= 4 is 32.3 Å². The Hall–Kier alpha value is -3.16. The molecule has 1 atom stereocenters. The van der Waals surface area contributed by atoms with E-state index in [1.54, 1.807) is 0 Å². The van der Waals surface area contributed by atoms with Crippen LogP contribution in [0.3, 0.4) is 0 Å². The number of rotatable bonds is 5. The predicted octanol–water partition coefficient (Wildman–Crippen LogP) is 8.54. The Balaban J connectivity index is 1.63. The number of hydrogen-bond donors (Lipinski definition) is 0. The third-order valence-electron chi connectivity index (χ3n) is 7.50. The molecular formula is C32H30O. The Labute approximate surface area is 196 Å². The van der Waals surface area contributed by atoms with Crippen LogP contribution >= 0.6 is 0 Å². The van der Waals surface area contributed by atoms with Crippen LogP contribution in [0.2, 0.25) is 0 Å². The lowest BCUT2D eigenvalue weighted by molar-refractivity contribution is -0.0307. The van der Waals surface area contributed by atoms with Crippen LogP contribution in [-0.2, 0) is 16.8 Å². The zero-order valence-corrected chi connectivity index (χ0v) is 19.3. The van der Waals surface area contributed by atoms with E-state index in [-0.39, 0.29) is 0 Å². The zero-order valence-electron chi connectivity index (χ0n) is 19.3. The molecule has 0 radical (unpaired) electrons. The molecule has 0 amide bonds. The van der Waals surface area contributed by atoms with E-state index in [1.807, 2.05) is 0 Å². The maximum atomic E-state index is 6.97. The summed E-state index contributed by atoms with van der Waals surface area (Å²) in [5, 5.41) is 7.98. The second-order valence-electron chi connectivity index (χ2n) is 9.38. The van der Waals surface area contributed by atoms with Gasteiger partial charge in [-0.3, -0.25) is 0 Å². The lowest BCUT2D eigenvalue weighted by Gasteiger charge is -2.41. The lowest BCUT2D eigenvalue weighted by Crippen LogP contribution is -2.36. The van der Waals surface area contributed by atoms with Crippen LogP contribution in [0, 0.1) is 0 Å². The van der Waals surface area contributed by atoms with E-state index in [1.165, 1.54) is 49.0 Å². The van der Waals surface area contributed by atoms with E-state index in [2.05, 4.69) is 97.9 Å². The fourth-order valence-corrected chi connectivity index (χ4v) is 5.92. The normalized spacial score (nSPS) is 18.1. The maximum Gasteiger partial charge on any atom is 0.119 e. The highest BCUT2D eigenvalue weighted by Gasteiger charge is 2.41. The first-order valence-electron chi connectivity index (χ1n) is 12.4. The Bertz CT molecular complexity index is 1460. The lowest BCUT2D eigenvalue weighted by atomic mass is 9.72. The highest BCUT2D eigenvalue weighted by atomic mass is 16.5. The summed E-state index contributed by atoms with van der Waals surface area (Å²) >= 11 is 0. The van der Waals surface area contributed by atoms with Crippen molar-refractivity contribution in [3.05, 3.63) is 108 Å². The van der Waals surface area contributed by atoms with Gasteiger partial charge in [-0.25, -0.2) is 0 Å². The molecule has 1 unspecified atom stereocenters. The second kappa shape index (κ2) is 8.32. The summed E-state index contributed by atoms with van der Waals surface area (Å²) in [5.74, 6) is 0. The quantitative estimate of drug-likeness (QED) is 0.200. The van der Waals surface area contributed by atoms with Crippen molar-refractivity contribution in [1.82, 2.24) is 0 Å². The number of hydrogen-bond acceptors (Lipinski definition) is 1. The maximum absolute atomic E-state index is 6.97. The molecule has 1 aliphatic carbocycles. The Morgan fingerprint density at radius 1 is 0.667 bits per heavy atom. The Kier molecular flexibility index (Phi) is 5.15.